The third-order valence-electron chi connectivity index (χ3n) is 7.41. The number of amides is 1. The first kappa shape index (κ1) is 26.7. The highest BCUT2D eigenvalue weighted by Crippen LogP contribution is 2.41. The van der Waals surface area contributed by atoms with Gasteiger partial charge in [-0.05, 0) is 72.0 Å². The van der Waals surface area contributed by atoms with Gasteiger partial charge in [-0.3, -0.25) is 4.90 Å². The number of hydrogen-bond acceptors (Lipinski definition) is 6. The lowest BCUT2D eigenvalue weighted by molar-refractivity contribution is 0.135. The van der Waals surface area contributed by atoms with Crippen molar-refractivity contribution in [1.82, 2.24) is 24.6 Å². The molecular formula is C31H30ClN5O4. The first-order chi connectivity index (χ1) is 20.0. The van der Waals surface area contributed by atoms with E-state index in [-0.39, 0.29) is 0 Å². The number of benzene rings is 3. The normalized spacial score (nSPS) is 14.6. The minimum atomic E-state index is -0.439. The Morgan fingerprint density at radius 2 is 1.95 bits per heavy atom. The van der Waals surface area contributed by atoms with Gasteiger partial charge in [-0.15, -0.1) is 0 Å². The highest BCUT2D eigenvalue weighted by atomic mass is 35.5. The van der Waals surface area contributed by atoms with E-state index in [0.717, 1.165) is 34.1 Å². The van der Waals surface area contributed by atoms with E-state index >= 15 is 0 Å². The largest absolute Gasteiger partial charge is 0.493 e. The molecule has 9 nitrogen and oxygen atoms in total. The van der Waals surface area contributed by atoms with Gasteiger partial charge in [0.1, 0.15) is 31.1 Å². The third-order valence-corrected chi connectivity index (χ3v) is 7.64. The molecule has 0 fully saturated rings. The zero-order chi connectivity index (χ0) is 28.3. The Morgan fingerprint density at radius 3 is 2.71 bits per heavy atom. The molecule has 0 spiro atoms. The third kappa shape index (κ3) is 5.45. The van der Waals surface area contributed by atoms with Crippen molar-refractivity contribution in [2.45, 2.75) is 32.4 Å². The first-order valence-corrected chi connectivity index (χ1v) is 13.9. The molecule has 41 heavy (non-hydrogen) atoms. The first-order valence-electron chi connectivity index (χ1n) is 13.5. The minimum absolute atomic E-state index is 0.394. The van der Waals surface area contributed by atoms with Crippen molar-refractivity contribution in [1.29, 1.82) is 0 Å². The van der Waals surface area contributed by atoms with Crippen molar-refractivity contribution in [3.63, 3.8) is 0 Å². The summed E-state index contributed by atoms with van der Waals surface area (Å²) in [5.41, 5.74) is 5.07. The van der Waals surface area contributed by atoms with Crippen LogP contribution in [0.5, 0.6) is 17.2 Å². The number of aryl methyl sites for hydroxylation is 1. The number of fused-ring (bicyclic) bond motifs is 3. The van der Waals surface area contributed by atoms with Gasteiger partial charge in [0.2, 0.25) is 0 Å². The summed E-state index contributed by atoms with van der Waals surface area (Å²) < 4.78 is 19.3. The van der Waals surface area contributed by atoms with Crippen LogP contribution in [0.25, 0.3) is 10.9 Å². The zero-order valence-electron chi connectivity index (χ0n) is 22.8. The van der Waals surface area contributed by atoms with E-state index in [1.54, 1.807) is 23.0 Å². The fourth-order valence-corrected chi connectivity index (χ4v) is 5.50. The van der Waals surface area contributed by atoms with Crippen molar-refractivity contribution in [2.24, 2.45) is 0 Å². The Bertz CT molecular complexity index is 1670. The Balaban J connectivity index is 1.34. The van der Waals surface area contributed by atoms with Crippen LogP contribution < -0.4 is 14.2 Å². The van der Waals surface area contributed by atoms with Gasteiger partial charge in [-0.2, -0.15) is 5.10 Å². The van der Waals surface area contributed by atoms with Crippen molar-refractivity contribution in [2.75, 3.05) is 20.3 Å². The molecule has 2 aromatic heterocycles. The van der Waals surface area contributed by atoms with Crippen LogP contribution in [0.3, 0.4) is 0 Å². The summed E-state index contributed by atoms with van der Waals surface area (Å²) in [6.45, 7) is 3.51. The standard InChI is InChI=1S/C31H30ClN5O4/c1-3-20-4-8-23(9-5-20)41-31(38)37-13-12-24-25-17-22(32)7-10-26(25)35-29(24)30(37)21-6-11-27(28(16-21)39-2)40-15-14-36-19-33-18-34-36/h4-11,16-19,30,35H,3,12-15H2,1-2H3. The lowest BCUT2D eigenvalue weighted by Crippen LogP contribution is -2.42. The van der Waals surface area contributed by atoms with Crippen LogP contribution in [-0.4, -0.2) is 51.0 Å². The minimum Gasteiger partial charge on any atom is -0.493 e. The second-order valence-corrected chi connectivity index (χ2v) is 10.3. The fraction of sp³-hybridized carbons (Fsp3) is 0.258. The molecule has 1 N–H and O–H groups in total. The molecule has 210 valence electrons. The SMILES string of the molecule is CCc1ccc(OC(=O)N2CCc3c([nH]c4ccc(Cl)cc34)C2c2ccc(OCCn3cncn3)c(OC)c2)cc1. The maximum Gasteiger partial charge on any atom is 0.416 e. The fourth-order valence-electron chi connectivity index (χ4n) is 5.33. The van der Waals surface area contributed by atoms with Gasteiger partial charge in [-0.25, -0.2) is 14.5 Å². The lowest BCUT2D eigenvalue weighted by Gasteiger charge is -2.35. The second-order valence-electron chi connectivity index (χ2n) is 9.84. The summed E-state index contributed by atoms with van der Waals surface area (Å²) in [6, 6.07) is 18.7. The smallest absolute Gasteiger partial charge is 0.416 e. The molecular weight excluding hydrogens is 542 g/mol. The maximum absolute atomic E-state index is 13.7. The Kier molecular flexibility index (Phi) is 7.52. The van der Waals surface area contributed by atoms with E-state index in [1.165, 1.54) is 11.9 Å². The van der Waals surface area contributed by atoms with Gasteiger partial charge in [0.25, 0.3) is 0 Å². The van der Waals surface area contributed by atoms with Crippen LogP contribution in [0.2, 0.25) is 5.02 Å². The summed E-state index contributed by atoms with van der Waals surface area (Å²) in [5.74, 6) is 1.67. The predicted molar refractivity (Wildman–Crippen MR) is 156 cm³/mol. The van der Waals surface area contributed by atoms with Crippen LogP contribution in [0.15, 0.2) is 73.3 Å². The number of nitrogens with one attached hydrogen (secondary N) is 1. The lowest BCUT2D eigenvalue weighted by atomic mass is 9.92. The Labute approximate surface area is 242 Å². The molecule has 1 aliphatic rings. The molecule has 1 aliphatic heterocycles. The number of carbonyl (C=O) groups excluding carboxylic acids is 1. The molecule has 1 unspecified atom stereocenters. The molecule has 0 radical (unpaired) electrons. The summed E-state index contributed by atoms with van der Waals surface area (Å²) in [4.78, 5) is 22.9. The number of hydrogen-bond donors (Lipinski definition) is 1. The van der Waals surface area contributed by atoms with Crippen molar-refractivity contribution < 1.29 is 19.0 Å². The molecule has 0 aliphatic carbocycles. The van der Waals surface area contributed by atoms with E-state index in [1.807, 2.05) is 60.7 Å². The molecule has 3 heterocycles. The number of H-pyrrole nitrogens is 1. The number of carbonyl (C=O) groups is 1. The van der Waals surface area contributed by atoms with Crippen molar-refractivity contribution >= 4 is 28.6 Å². The van der Waals surface area contributed by atoms with E-state index in [0.29, 0.717) is 48.4 Å². The number of aromatic nitrogens is 4. The van der Waals surface area contributed by atoms with E-state index in [2.05, 4.69) is 22.0 Å². The number of aromatic amines is 1. The van der Waals surface area contributed by atoms with Crippen LogP contribution in [0.1, 0.15) is 35.3 Å². The molecule has 6 rings (SSSR count). The van der Waals surface area contributed by atoms with Gasteiger partial charge < -0.3 is 19.2 Å². The number of halogens is 1. The number of rotatable bonds is 8. The van der Waals surface area contributed by atoms with Gasteiger partial charge in [0, 0.05) is 28.2 Å². The van der Waals surface area contributed by atoms with E-state index < -0.39 is 12.1 Å². The molecule has 1 atom stereocenters. The van der Waals surface area contributed by atoms with Gasteiger partial charge in [-0.1, -0.05) is 36.7 Å². The molecule has 1 amide bonds. The molecule has 10 heteroatoms. The summed E-state index contributed by atoms with van der Waals surface area (Å²) in [5, 5.41) is 5.83. The van der Waals surface area contributed by atoms with E-state index in [9.17, 15) is 4.79 Å². The Morgan fingerprint density at radius 1 is 1.10 bits per heavy atom. The maximum atomic E-state index is 13.7. The Hall–Kier alpha value is -4.50. The van der Waals surface area contributed by atoms with Crippen molar-refractivity contribution in [3.8, 4) is 17.2 Å². The molecule has 0 bridgehead atoms. The molecule has 3 aromatic carbocycles. The summed E-state index contributed by atoms with van der Waals surface area (Å²) in [7, 11) is 1.60. The zero-order valence-corrected chi connectivity index (χ0v) is 23.6. The summed E-state index contributed by atoms with van der Waals surface area (Å²) >= 11 is 6.36. The molecule has 0 saturated carbocycles. The van der Waals surface area contributed by atoms with Crippen LogP contribution in [-0.2, 0) is 19.4 Å². The molecule has 5 aromatic rings. The quantitative estimate of drug-likeness (QED) is 0.238. The topological polar surface area (TPSA) is 94.5 Å². The van der Waals surface area contributed by atoms with Gasteiger partial charge in [0.15, 0.2) is 11.5 Å². The second kappa shape index (κ2) is 11.5. The highest BCUT2D eigenvalue weighted by Gasteiger charge is 2.36. The monoisotopic (exact) mass is 571 g/mol. The molecule has 0 saturated heterocycles. The van der Waals surface area contributed by atoms with Crippen LogP contribution >= 0.6 is 11.6 Å². The highest BCUT2D eigenvalue weighted by molar-refractivity contribution is 6.31. The van der Waals surface area contributed by atoms with E-state index in [4.69, 9.17) is 25.8 Å². The van der Waals surface area contributed by atoms with Gasteiger partial charge >= 0.3 is 6.09 Å². The number of nitrogens with zero attached hydrogens (tertiary/aromatic N) is 4. The average Bonchev–Trinajstić information content (AvgIpc) is 3.65. The van der Waals surface area contributed by atoms with Crippen LogP contribution in [0.4, 0.5) is 4.79 Å². The number of ether oxygens (including phenoxy) is 3. The summed E-state index contributed by atoms with van der Waals surface area (Å²) in [6.07, 6.45) is 4.29. The van der Waals surface area contributed by atoms with Crippen molar-refractivity contribution in [3.05, 3.63) is 101 Å². The predicted octanol–water partition coefficient (Wildman–Crippen LogP) is 6.21. The van der Waals surface area contributed by atoms with Gasteiger partial charge in [0.05, 0.1) is 13.7 Å². The average molecular weight is 572 g/mol. The van der Waals surface area contributed by atoms with Crippen LogP contribution in [0, 0.1) is 0 Å². The number of methoxy groups -OCH3 is 1.